The molecule has 25 heavy (non-hydrogen) atoms. The van der Waals surface area contributed by atoms with Crippen LogP contribution >= 0.6 is 0 Å². The third-order valence-corrected chi connectivity index (χ3v) is 7.35. The molecule has 1 aliphatic rings. The molecule has 0 spiro atoms. The summed E-state index contributed by atoms with van der Waals surface area (Å²) in [5, 5.41) is 0. The van der Waals surface area contributed by atoms with Crippen molar-refractivity contribution in [2.24, 2.45) is 0 Å². The van der Waals surface area contributed by atoms with Gasteiger partial charge in [-0.1, -0.05) is 25.0 Å². The van der Waals surface area contributed by atoms with Gasteiger partial charge in [-0.3, -0.25) is 4.18 Å². The van der Waals surface area contributed by atoms with Crippen molar-refractivity contribution in [3.05, 3.63) is 35.4 Å². The van der Waals surface area contributed by atoms with Crippen LogP contribution in [0.1, 0.15) is 31.2 Å². The number of rotatable bonds is 3. The van der Waals surface area contributed by atoms with Crippen molar-refractivity contribution in [3.8, 4) is 0 Å². The van der Waals surface area contributed by atoms with Gasteiger partial charge in [0.25, 0.3) is 9.84 Å². The van der Waals surface area contributed by atoms with Crippen LogP contribution < -0.4 is 0 Å². The fraction of sp³-hybridized carbons (Fsp3) is 0.462. The van der Waals surface area contributed by atoms with Crippen LogP contribution in [-0.2, 0) is 30.3 Å². The SMILES string of the molecule is [N-]=[N+]=C(S(=O)(=O)OC1CCCC1)S(=O)(=O)c1ccccc1C(F)(F)F. The van der Waals surface area contributed by atoms with E-state index in [-0.39, 0.29) is 0 Å². The van der Waals surface area contributed by atoms with Crippen LogP contribution in [0.5, 0.6) is 0 Å². The summed E-state index contributed by atoms with van der Waals surface area (Å²) in [7, 11) is -10.4. The van der Waals surface area contributed by atoms with Gasteiger partial charge in [0.2, 0.25) is 0 Å². The lowest BCUT2D eigenvalue weighted by Crippen LogP contribution is -2.31. The zero-order valence-electron chi connectivity index (χ0n) is 12.6. The predicted molar refractivity (Wildman–Crippen MR) is 79.5 cm³/mol. The average molecular weight is 398 g/mol. The summed E-state index contributed by atoms with van der Waals surface area (Å²) in [6, 6.07) is 2.99. The number of alkyl halides is 3. The molecule has 1 fully saturated rings. The number of halogens is 3. The largest absolute Gasteiger partial charge is 0.525 e. The maximum atomic E-state index is 13.0. The molecule has 0 radical (unpaired) electrons. The van der Waals surface area contributed by atoms with Gasteiger partial charge >= 0.3 is 20.7 Å². The lowest BCUT2D eigenvalue weighted by atomic mass is 10.2. The molecule has 0 bridgehead atoms. The molecule has 1 aromatic rings. The molecule has 0 aliphatic heterocycles. The lowest BCUT2D eigenvalue weighted by molar-refractivity contribution is -0.139. The molecule has 0 unspecified atom stereocenters. The molecule has 138 valence electrons. The summed E-state index contributed by atoms with van der Waals surface area (Å²) in [4.78, 5) is 0.882. The first kappa shape index (κ1) is 19.6. The van der Waals surface area contributed by atoms with Gasteiger partial charge < -0.3 is 5.53 Å². The third-order valence-electron chi connectivity index (χ3n) is 3.57. The monoisotopic (exact) mass is 398 g/mol. The molecule has 0 N–H and O–H groups in total. The van der Waals surface area contributed by atoms with Crippen molar-refractivity contribution in [2.75, 3.05) is 0 Å². The first-order chi connectivity index (χ1) is 11.5. The van der Waals surface area contributed by atoms with E-state index in [4.69, 9.17) is 9.71 Å². The van der Waals surface area contributed by atoms with Gasteiger partial charge in [-0.25, -0.2) is 8.42 Å². The molecule has 0 heterocycles. The van der Waals surface area contributed by atoms with Gasteiger partial charge in [-0.15, -0.1) is 4.79 Å². The van der Waals surface area contributed by atoms with E-state index in [2.05, 4.69) is 4.79 Å². The zero-order valence-corrected chi connectivity index (χ0v) is 14.2. The van der Waals surface area contributed by atoms with E-state index in [0.717, 1.165) is 12.1 Å². The van der Waals surface area contributed by atoms with E-state index in [0.29, 0.717) is 37.8 Å². The fourth-order valence-electron chi connectivity index (χ4n) is 2.47. The minimum absolute atomic E-state index is 0.344. The maximum Gasteiger partial charge on any atom is 0.525 e. The van der Waals surface area contributed by atoms with Crippen LogP contribution in [0.4, 0.5) is 13.2 Å². The van der Waals surface area contributed by atoms with Crippen molar-refractivity contribution in [1.29, 1.82) is 0 Å². The van der Waals surface area contributed by atoms with Gasteiger partial charge in [0.1, 0.15) is 0 Å². The molecule has 0 atom stereocenters. The predicted octanol–water partition coefficient (Wildman–Crippen LogP) is 2.35. The summed E-state index contributed by atoms with van der Waals surface area (Å²) < 4.78 is 91.0. The van der Waals surface area contributed by atoms with Crippen molar-refractivity contribution in [1.82, 2.24) is 0 Å². The second kappa shape index (κ2) is 6.87. The van der Waals surface area contributed by atoms with E-state index in [1.54, 1.807) is 0 Å². The maximum absolute atomic E-state index is 13.0. The summed E-state index contributed by atoms with van der Waals surface area (Å²) in [5.74, 6) is 0. The molecule has 0 amide bonds. The normalized spacial score (nSPS) is 16.6. The number of sulfone groups is 1. The second-order valence-corrected chi connectivity index (χ2v) is 8.90. The van der Waals surface area contributed by atoms with Crippen LogP contribution in [0.2, 0.25) is 0 Å². The highest BCUT2D eigenvalue weighted by Crippen LogP contribution is 2.35. The van der Waals surface area contributed by atoms with E-state index >= 15 is 0 Å². The van der Waals surface area contributed by atoms with Gasteiger partial charge in [-0.2, -0.15) is 21.6 Å². The van der Waals surface area contributed by atoms with Crippen LogP contribution in [0.15, 0.2) is 29.2 Å². The smallest absolute Gasteiger partial charge is 0.359 e. The highest BCUT2D eigenvalue weighted by molar-refractivity contribution is 8.29. The van der Waals surface area contributed by atoms with Crippen LogP contribution in [-0.4, -0.2) is 32.1 Å². The number of benzene rings is 1. The average Bonchev–Trinajstić information content (AvgIpc) is 2.98. The fourth-order valence-corrected chi connectivity index (χ4v) is 5.69. The van der Waals surface area contributed by atoms with E-state index in [1.165, 1.54) is 0 Å². The zero-order chi connectivity index (χ0) is 18.9. The standard InChI is InChI=1S/C13H13F3N2O5S2/c14-13(15,16)10-7-3-4-8-11(10)24(19,20)12(18-17)25(21,22)23-9-5-1-2-6-9/h3-4,7-9H,1-2,5-6H2. The third kappa shape index (κ3) is 4.09. The Kier molecular flexibility index (Phi) is 5.38. The van der Waals surface area contributed by atoms with Crippen molar-refractivity contribution >= 4 is 24.3 Å². The molecule has 1 aromatic carbocycles. The Bertz CT molecular complexity index is 913. The molecule has 1 aliphatic carbocycles. The molecule has 0 aromatic heterocycles. The highest BCUT2D eigenvalue weighted by Gasteiger charge is 2.49. The number of nitrogens with zero attached hydrogens (tertiary/aromatic N) is 2. The van der Waals surface area contributed by atoms with Crippen LogP contribution in [0.3, 0.4) is 0 Å². The van der Waals surface area contributed by atoms with Gasteiger partial charge in [-0.05, 0) is 25.0 Å². The van der Waals surface area contributed by atoms with Gasteiger partial charge in [0, 0.05) is 0 Å². The first-order valence-corrected chi connectivity index (χ1v) is 9.96. The van der Waals surface area contributed by atoms with Crippen molar-refractivity contribution in [3.63, 3.8) is 0 Å². The number of hydrogen-bond donors (Lipinski definition) is 0. The quantitative estimate of drug-likeness (QED) is 0.255. The second-order valence-electron chi connectivity index (χ2n) is 5.32. The number of hydrogen-bond acceptors (Lipinski definition) is 5. The Morgan fingerprint density at radius 1 is 1.12 bits per heavy atom. The summed E-state index contributed by atoms with van der Waals surface area (Å²) in [6.07, 6.45) is -3.85. The lowest BCUT2D eigenvalue weighted by Gasteiger charge is -2.12. The van der Waals surface area contributed by atoms with Gasteiger partial charge in [0.15, 0.2) is 0 Å². The Hall–Kier alpha value is -1.75. The molecule has 7 nitrogen and oxygen atoms in total. The highest BCUT2D eigenvalue weighted by atomic mass is 32.3. The van der Waals surface area contributed by atoms with Crippen molar-refractivity contribution in [2.45, 2.75) is 42.9 Å². The molecule has 12 heteroatoms. The van der Waals surface area contributed by atoms with Crippen molar-refractivity contribution < 1.29 is 39.0 Å². The molecular formula is C13H13F3N2O5S2. The summed E-state index contributed by atoms with van der Waals surface area (Å²) in [6.45, 7) is 0. The Morgan fingerprint density at radius 2 is 1.68 bits per heavy atom. The molecule has 0 saturated heterocycles. The van der Waals surface area contributed by atoms with Crippen LogP contribution in [0.25, 0.3) is 5.53 Å². The summed E-state index contributed by atoms with van der Waals surface area (Å²) >= 11 is 0. The van der Waals surface area contributed by atoms with E-state index in [9.17, 15) is 30.0 Å². The minimum atomic E-state index is -5.30. The van der Waals surface area contributed by atoms with Gasteiger partial charge in [0.05, 0.1) is 16.6 Å². The first-order valence-electron chi connectivity index (χ1n) is 7.07. The Labute approximate surface area is 142 Å². The molecular weight excluding hydrogens is 385 g/mol. The van der Waals surface area contributed by atoms with Crippen LogP contribution in [0, 0.1) is 0 Å². The molecule has 2 rings (SSSR count). The topological polar surface area (TPSA) is 114 Å². The van der Waals surface area contributed by atoms with E-state index in [1.807, 2.05) is 0 Å². The minimum Gasteiger partial charge on any atom is -0.359 e. The summed E-state index contributed by atoms with van der Waals surface area (Å²) in [5.41, 5.74) is 7.32. The Morgan fingerprint density at radius 3 is 2.20 bits per heavy atom. The van der Waals surface area contributed by atoms with E-state index < -0.39 is 47.1 Å². The molecule has 1 saturated carbocycles. The Balaban J connectivity index is 2.53.